The first-order valence-electron chi connectivity index (χ1n) is 11.5. The van der Waals surface area contributed by atoms with Crippen LogP contribution in [0.2, 0.25) is 0 Å². The van der Waals surface area contributed by atoms with Crippen molar-refractivity contribution in [3.05, 3.63) is 52.4 Å². The van der Waals surface area contributed by atoms with Crippen LogP contribution < -0.4 is 10.2 Å². The van der Waals surface area contributed by atoms with Crippen LogP contribution in [0.3, 0.4) is 0 Å². The molecule has 2 aliphatic rings. The van der Waals surface area contributed by atoms with Gasteiger partial charge in [-0.25, -0.2) is 0 Å². The number of thiophene rings is 1. The second-order valence-electron chi connectivity index (χ2n) is 8.17. The van der Waals surface area contributed by atoms with Crippen LogP contribution >= 0.6 is 11.3 Å². The molecule has 1 aromatic carbocycles. The standard InChI is InChI=1S/C25H31N3O3S/c1-2-3-16-31-17-7-15-28-24(29)22(21-8-6-18-32-21)23(25(28)30)26-19-9-11-20(12-10-19)27-13-4-5-14-27/h6,8-12,18,26H,2-5,7,13-17H2,1H3. The third-order valence-corrected chi connectivity index (χ3v) is 6.74. The minimum atomic E-state index is -0.268. The highest BCUT2D eigenvalue weighted by Crippen LogP contribution is 2.33. The lowest BCUT2D eigenvalue weighted by Crippen LogP contribution is -2.34. The molecular formula is C25H31N3O3S. The summed E-state index contributed by atoms with van der Waals surface area (Å²) in [7, 11) is 0. The zero-order chi connectivity index (χ0) is 22.3. The molecule has 1 fully saturated rings. The molecule has 0 bridgehead atoms. The van der Waals surface area contributed by atoms with Crippen LogP contribution in [0.15, 0.2) is 47.5 Å². The lowest BCUT2D eigenvalue weighted by molar-refractivity contribution is -0.137. The van der Waals surface area contributed by atoms with Crippen molar-refractivity contribution in [3.63, 3.8) is 0 Å². The van der Waals surface area contributed by atoms with Crippen molar-refractivity contribution in [2.75, 3.05) is 43.1 Å². The summed E-state index contributed by atoms with van der Waals surface area (Å²) in [5.74, 6) is -0.502. The number of nitrogens with zero attached hydrogens (tertiary/aromatic N) is 2. The van der Waals surface area contributed by atoms with Gasteiger partial charge in [0.2, 0.25) is 0 Å². The van der Waals surface area contributed by atoms with Crippen molar-refractivity contribution in [3.8, 4) is 0 Å². The minimum Gasteiger partial charge on any atom is -0.381 e. The fraction of sp³-hybridized carbons (Fsp3) is 0.440. The summed E-state index contributed by atoms with van der Waals surface area (Å²) in [4.78, 5) is 30.9. The van der Waals surface area contributed by atoms with E-state index in [4.69, 9.17) is 4.74 Å². The molecule has 7 heteroatoms. The number of nitrogens with one attached hydrogen (secondary N) is 1. The molecule has 0 atom stereocenters. The smallest absolute Gasteiger partial charge is 0.278 e. The Hall–Kier alpha value is -2.64. The molecule has 0 unspecified atom stereocenters. The molecule has 1 aromatic heterocycles. The summed E-state index contributed by atoms with van der Waals surface area (Å²) in [6.45, 7) is 5.92. The van der Waals surface area contributed by atoms with Gasteiger partial charge in [-0.1, -0.05) is 19.4 Å². The van der Waals surface area contributed by atoms with E-state index < -0.39 is 0 Å². The van der Waals surface area contributed by atoms with Gasteiger partial charge in [-0.3, -0.25) is 14.5 Å². The predicted molar refractivity (Wildman–Crippen MR) is 130 cm³/mol. The van der Waals surface area contributed by atoms with E-state index in [1.807, 2.05) is 29.6 Å². The molecule has 2 aromatic rings. The van der Waals surface area contributed by atoms with Crippen LogP contribution in [-0.4, -0.2) is 49.6 Å². The van der Waals surface area contributed by atoms with Gasteiger partial charge < -0.3 is 15.0 Å². The van der Waals surface area contributed by atoms with Crippen molar-refractivity contribution in [2.45, 2.75) is 39.0 Å². The maximum Gasteiger partial charge on any atom is 0.278 e. The Balaban J connectivity index is 1.47. The number of carbonyl (C=O) groups is 2. The van der Waals surface area contributed by atoms with E-state index in [1.54, 1.807) is 0 Å². The average molecular weight is 454 g/mol. The third kappa shape index (κ3) is 5.05. The number of carbonyl (C=O) groups excluding carboxylic acids is 2. The molecule has 4 rings (SSSR count). The fourth-order valence-corrected chi connectivity index (χ4v) is 4.86. The zero-order valence-corrected chi connectivity index (χ0v) is 19.5. The highest BCUT2D eigenvalue weighted by Gasteiger charge is 2.39. The van der Waals surface area contributed by atoms with Gasteiger partial charge >= 0.3 is 0 Å². The normalized spacial score (nSPS) is 16.5. The van der Waals surface area contributed by atoms with Gasteiger partial charge in [-0.05, 0) is 61.4 Å². The van der Waals surface area contributed by atoms with Gasteiger partial charge in [0.25, 0.3) is 11.8 Å². The molecule has 170 valence electrons. The van der Waals surface area contributed by atoms with Crippen LogP contribution in [-0.2, 0) is 14.3 Å². The Morgan fingerprint density at radius 3 is 2.44 bits per heavy atom. The molecule has 1 N–H and O–H groups in total. The van der Waals surface area contributed by atoms with Crippen molar-refractivity contribution in [1.82, 2.24) is 4.90 Å². The maximum atomic E-state index is 13.2. The van der Waals surface area contributed by atoms with Crippen molar-refractivity contribution >= 4 is 40.1 Å². The Kier molecular flexibility index (Phi) is 7.60. The second-order valence-corrected chi connectivity index (χ2v) is 9.12. The lowest BCUT2D eigenvalue weighted by Gasteiger charge is -2.18. The Labute approximate surface area is 193 Å². The van der Waals surface area contributed by atoms with Crippen molar-refractivity contribution in [1.29, 1.82) is 0 Å². The van der Waals surface area contributed by atoms with Crippen LogP contribution in [0, 0.1) is 0 Å². The molecule has 0 spiro atoms. The monoisotopic (exact) mass is 453 g/mol. The van der Waals surface area contributed by atoms with Gasteiger partial charge in [-0.15, -0.1) is 11.3 Å². The number of amides is 2. The van der Waals surface area contributed by atoms with Crippen LogP contribution in [0.1, 0.15) is 43.9 Å². The predicted octanol–water partition coefficient (Wildman–Crippen LogP) is 4.75. The Morgan fingerprint density at radius 1 is 1.00 bits per heavy atom. The summed E-state index contributed by atoms with van der Waals surface area (Å²) < 4.78 is 5.60. The minimum absolute atomic E-state index is 0.234. The van der Waals surface area contributed by atoms with E-state index in [0.29, 0.717) is 30.8 Å². The summed E-state index contributed by atoms with van der Waals surface area (Å²) in [6.07, 6.45) is 5.21. The van der Waals surface area contributed by atoms with Crippen molar-refractivity contribution in [2.24, 2.45) is 0 Å². The number of rotatable bonds is 11. The maximum absolute atomic E-state index is 13.2. The van der Waals surface area contributed by atoms with Gasteiger partial charge in [0.1, 0.15) is 5.70 Å². The first-order valence-corrected chi connectivity index (χ1v) is 12.4. The highest BCUT2D eigenvalue weighted by molar-refractivity contribution is 7.11. The molecule has 0 saturated carbocycles. The average Bonchev–Trinajstić information content (AvgIpc) is 3.56. The van der Waals surface area contributed by atoms with Crippen LogP contribution in [0.5, 0.6) is 0 Å². The number of imide groups is 1. The fourth-order valence-electron chi connectivity index (χ4n) is 4.09. The summed E-state index contributed by atoms with van der Waals surface area (Å²) in [5, 5.41) is 5.17. The number of hydrogen-bond acceptors (Lipinski definition) is 6. The van der Waals surface area contributed by atoms with E-state index >= 15 is 0 Å². The first-order chi connectivity index (χ1) is 15.7. The first kappa shape index (κ1) is 22.6. The molecule has 2 amide bonds. The molecule has 0 radical (unpaired) electrons. The number of unbranched alkanes of at least 4 members (excludes halogenated alkanes) is 1. The topological polar surface area (TPSA) is 61.9 Å². The van der Waals surface area contributed by atoms with E-state index in [0.717, 1.165) is 43.1 Å². The summed E-state index contributed by atoms with van der Waals surface area (Å²) in [6, 6.07) is 11.9. The second kappa shape index (κ2) is 10.8. The van der Waals surface area contributed by atoms with Gasteiger partial charge in [0, 0.05) is 49.1 Å². The SMILES string of the molecule is CCCCOCCCN1C(=O)C(Nc2ccc(N3CCCC3)cc2)=C(c2cccs2)C1=O. The molecule has 2 aliphatic heterocycles. The van der Waals surface area contributed by atoms with E-state index in [-0.39, 0.29) is 11.8 Å². The number of anilines is 2. The lowest BCUT2D eigenvalue weighted by atomic mass is 10.1. The molecule has 6 nitrogen and oxygen atoms in total. The quantitative estimate of drug-likeness (QED) is 0.393. The van der Waals surface area contributed by atoms with Gasteiger partial charge in [-0.2, -0.15) is 0 Å². The van der Waals surface area contributed by atoms with Crippen LogP contribution in [0.4, 0.5) is 11.4 Å². The largest absolute Gasteiger partial charge is 0.381 e. The van der Waals surface area contributed by atoms with Gasteiger partial charge in [0.15, 0.2) is 0 Å². The zero-order valence-electron chi connectivity index (χ0n) is 18.6. The van der Waals surface area contributed by atoms with Gasteiger partial charge in [0.05, 0.1) is 5.57 Å². The summed E-state index contributed by atoms with van der Waals surface area (Å²) in [5.41, 5.74) is 2.82. The molecular weight excluding hydrogens is 422 g/mol. The molecule has 1 saturated heterocycles. The molecule has 0 aliphatic carbocycles. The third-order valence-electron chi connectivity index (χ3n) is 5.86. The van der Waals surface area contributed by atoms with E-state index in [2.05, 4.69) is 29.3 Å². The van der Waals surface area contributed by atoms with Crippen molar-refractivity contribution < 1.29 is 14.3 Å². The summed E-state index contributed by atoms with van der Waals surface area (Å²) >= 11 is 1.47. The number of hydrogen-bond donors (Lipinski definition) is 1. The van der Waals surface area contributed by atoms with E-state index in [1.165, 1.54) is 34.8 Å². The van der Waals surface area contributed by atoms with E-state index in [9.17, 15) is 9.59 Å². The number of benzene rings is 1. The highest BCUT2D eigenvalue weighted by atomic mass is 32.1. The Bertz CT molecular complexity index is 947. The molecule has 3 heterocycles. The number of ether oxygens (including phenoxy) is 1. The van der Waals surface area contributed by atoms with Crippen LogP contribution in [0.25, 0.3) is 5.57 Å². The Morgan fingerprint density at radius 2 is 1.75 bits per heavy atom. The molecule has 32 heavy (non-hydrogen) atoms.